The third-order valence-corrected chi connectivity index (χ3v) is 5.42. The number of aromatic nitrogens is 1. The Bertz CT molecular complexity index is 1410. The lowest BCUT2D eigenvalue weighted by molar-refractivity contribution is 0.102. The van der Waals surface area contributed by atoms with Crippen molar-refractivity contribution in [3.63, 3.8) is 0 Å². The number of amides is 1. The molecule has 0 radical (unpaired) electrons. The lowest BCUT2D eigenvalue weighted by atomic mass is 10.0. The minimum absolute atomic E-state index is 0.0375. The number of H-pyrrole nitrogens is 1. The van der Waals surface area contributed by atoms with Crippen LogP contribution in [0.5, 0.6) is 5.75 Å². The molecule has 0 saturated carbocycles. The Morgan fingerprint density at radius 3 is 2.38 bits per heavy atom. The van der Waals surface area contributed by atoms with Crippen molar-refractivity contribution < 1.29 is 9.90 Å². The van der Waals surface area contributed by atoms with Gasteiger partial charge >= 0.3 is 0 Å². The number of hydrogen-bond acceptors (Lipinski definition) is 2. The van der Waals surface area contributed by atoms with Crippen LogP contribution in [-0.4, -0.2) is 16.0 Å². The third kappa shape index (κ3) is 2.90. The Hall–Kier alpha value is -3.79. The topological polar surface area (TPSA) is 65.1 Å². The normalized spacial score (nSPS) is 11.4. The molecule has 4 aromatic carbocycles. The van der Waals surface area contributed by atoms with Crippen molar-refractivity contribution in [2.24, 2.45) is 0 Å². The fourth-order valence-corrected chi connectivity index (χ4v) is 3.86. The van der Waals surface area contributed by atoms with Crippen molar-refractivity contribution in [1.29, 1.82) is 0 Å². The highest BCUT2D eigenvalue weighted by molar-refractivity contribution is 6.18. The van der Waals surface area contributed by atoms with Gasteiger partial charge in [0.2, 0.25) is 0 Å². The first-order valence-corrected chi connectivity index (χ1v) is 9.55. The molecular weight excluding hydrogens is 360 g/mol. The zero-order chi connectivity index (χ0) is 20.1. The van der Waals surface area contributed by atoms with Gasteiger partial charge in [0.05, 0.1) is 11.1 Å². The van der Waals surface area contributed by atoms with Gasteiger partial charge in [-0.3, -0.25) is 4.79 Å². The quantitative estimate of drug-likeness (QED) is 0.349. The second-order valence-corrected chi connectivity index (χ2v) is 7.57. The van der Waals surface area contributed by atoms with E-state index in [4.69, 9.17) is 0 Å². The van der Waals surface area contributed by atoms with Gasteiger partial charge in [-0.25, -0.2) is 0 Å². The molecule has 0 aliphatic rings. The molecule has 5 rings (SSSR count). The molecule has 5 aromatic rings. The molecule has 0 spiro atoms. The molecule has 0 fully saturated rings. The SMILES string of the molecule is Cc1ccc(NC(=O)c2cc3ccc4c5cc(C)ccc5[nH]c4c3cc2O)cc1. The molecule has 142 valence electrons. The van der Waals surface area contributed by atoms with Crippen LogP contribution < -0.4 is 5.32 Å². The molecule has 0 aliphatic heterocycles. The fraction of sp³-hybridized carbons (Fsp3) is 0.0800. The molecule has 0 unspecified atom stereocenters. The van der Waals surface area contributed by atoms with Gasteiger partial charge in [-0.05, 0) is 55.6 Å². The molecule has 0 bridgehead atoms. The molecule has 4 nitrogen and oxygen atoms in total. The largest absolute Gasteiger partial charge is 0.507 e. The number of carbonyl (C=O) groups excluding carboxylic acids is 1. The average Bonchev–Trinajstić information content (AvgIpc) is 3.07. The van der Waals surface area contributed by atoms with Crippen LogP contribution in [-0.2, 0) is 0 Å². The van der Waals surface area contributed by atoms with Crippen LogP contribution in [0.2, 0.25) is 0 Å². The van der Waals surface area contributed by atoms with E-state index in [1.54, 1.807) is 12.1 Å². The second kappa shape index (κ2) is 6.38. The lowest BCUT2D eigenvalue weighted by Crippen LogP contribution is -2.12. The minimum atomic E-state index is -0.333. The molecule has 0 saturated heterocycles. The van der Waals surface area contributed by atoms with Gasteiger partial charge in [0, 0.05) is 27.4 Å². The van der Waals surface area contributed by atoms with E-state index in [1.807, 2.05) is 37.3 Å². The third-order valence-electron chi connectivity index (χ3n) is 5.42. The van der Waals surface area contributed by atoms with Crippen LogP contribution in [0.25, 0.3) is 32.6 Å². The summed E-state index contributed by atoms with van der Waals surface area (Å²) < 4.78 is 0. The van der Waals surface area contributed by atoms with Gasteiger partial charge in [0.25, 0.3) is 5.91 Å². The Morgan fingerprint density at radius 2 is 1.59 bits per heavy atom. The Kier molecular flexibility index (Phi) is 3.81. The standard InChI is InChI=1S/C25H20N2O2/c1-14-3-7-17(8-4-14)26-25(29)21-12-16-6-9-18-20-11-15(2)5-10-22(20)27-24(18)19(16)13-23(21)28/h3-13,27-28H,1-2H3,(H,26,29). The van der Waals surface area contributed by atoms with E-state index in [-0.39, 0.29) is 17.2 Å². The van der Waals surface area contributed by atoms with Gasteiger partial charge < -0.3 is 15.4 Å². The number of phenols is 1. The number of aromatic hydroxyl groups is 1. The van der Waals surface area contributed by atoms with E-state index in [0.717, 1.165) is 38.1 Å². The Balaban J connectivity index is 1.62. The number of hydrogen-bond donors (Lipinski definition) is 3. The predicted molar refractivity (Wildman–Crippen MR) is 119 cm³/mol. The van der Waals surface area contributed by atoms with Crippen LogP contribution in [0.4, 0.5) is 5.69 Å². The van der Waals surface area contributed by atoms with Crippen LogP contribution >= 0.6 is 0 Å². The summed E-state index contributed by atoms with van der Waals surface area (Å²) in [4.78, 5) is 16.2. The van der Waals surface area contributed by atoms with Gasteiger partial charge in [-0.15, -0.1) is 0 Å². The second-order valence-electron chi connectivity index (χ2n) is 7.57. The molecule has 29 heavy (non-hydrogen) atoms. The number of rotatable bonds is 2. The maximum atomic E-state index is 12.7. The summed E-state index contributed by atoms with van der Waals surface area (Å²) in [5.74, 6) is -0.370. The van der Waals surface area contributed by atoms with Crippen LogP contribution in [0.3, 0.4) is 0 Å². The maximum Gasteiger partial charge on any atom is 0.259 e. The summed E-state index contributed by atoms with van der Waals surface area (Å²) in [6.45, 7) is 4.07. The van der Waals surface area contributed by atoms with Gasteiger partial charge in [0.15, 0.2) is 0 Å². The molecule has 4 heteroatoms. The highest BCUT2D eigenvalue weighted by Gasteiger charge is 2.15. The van der Waals surface area contributed by atoms with Crippen molar-refractivity contribution in [1.82, 2.24) is 4.98 Å². The van der Waals surface area contributed by atoms with Crippen molar-refractivity contribution in [3.8, 4) is 5.75 Å². The summed E-state index contributed by atoms with van der Waals surface area (Å²) >= 11 is 0. The van der Waals surface area contributed by atoms with Crippen molar-refractivity contribution in [2.45, 2.75) is 13.8 Å². The summed E-state index contributed by atoms with van der Waals surface area (Å²) in [5.41, 5.74) is 5.28. The molecule has 1 aromatic heterocycles. The lowest BCUT2D eigenvalue weighted by Gasteiger charge is -2.09. The molecule has 0 atom stereocenters. The first-order valence-electron chi connectivity index (χ1n) is 9.55. The van der Waals surface area contributed by atoms with Crippen molar-refractivity contribution in [2.75, 3.05) is 5.32 Å². The first kappa shape index (κ1) is 17.3. The summed E-state index contributed by atoms with van der Waals surface area (Å²) in [7, 11) is 0. The highest BCUT2D eigenvalue weighted by Crippen LogP contribution is 2.35. The number of carbonyl (C=O) groups is 1. The van der Waals surface area contributed by atoms with Crippen LogP contribution in [0, 0.1) is 13.8 Å². The van der Waals surface area contributed by atoms with E-state index >= 15 is 0 Å². The van der Waals surface area contributed by atoms with Crippen LogP contribution in [0.1, 0.15) is 21.5 Å². The van der Waals surface area contributed by atoms with E-state index in [0.29, 0.717) is 5.69 Å². The zero-order valence-corrected chi connectivity index (χ0v) is 16.2. The van der Waals surface area contributed by atoms with Gasteiger partial charge in [-0.1, -0.05) is 41.5 Å². The number of fused-ring (bicyclic) bond motifs is 5. The van der Waals surface area contributed by atoms with E-state index in [9.17, 15) is 9.90 Å². The maximum absolute atomic E-state index is 12.7. The first-order chi connectivity index (χ1) is 14.0. The van der Waals surface area contributed by atoms with Crippen molar-refractivity contribution >= 4 is 44.2 Å². The number of phenolic OH excluding ortho intramolecular Hbond substituents is 1. The molecule has 1 amide bonds. The Morgan fingerprint density at radius 1 is 0.828 bits per heavy atom. The van der Waals surface area contributed by atoms with Crippen LogP contribution in [0.15, 0.2) is 66.7 Å². The van der Waals surface area contributed by atoms with Crippen molar-refractivity contribution in [3.05, 3.63) is 83.4 Å². The van der Waals surface area contributed by atoms with E-state index < -0.39 is 0 Å². The summed E-state index contributed by atoms with van der Waals surface area (Å²) in [6.07, 6.45) is 0. The number of aryl methyl sites for hydroxylation is 2. The number of aromatic amines is 1. The van der Waals surface area contributed by atoms with E-state index in [2.05, 4.69) is 41.5 Å². The molecular formula is C25H20N2O2. The van der Waals surface area contributed by atoms with Gasteiger partial charge in [-0.2, -0.15) is 0 Å². The minimum Gasteiger partial charge on any atom is -0.507 e. The number of benzene rings is 4. The fourth-order valence-electron chi connectivity index (χ4n) is 3.86. The molecule has 1 heterocycles. The monoisotopic (exact) mass is 380 g/mol. The predicted octanol–water partition coefficient (Wildman–Crippen LogP) is 6.05. The number of anilines is 1. The molecule has 0 aliphatic carbocycles. The van der Waals surface area contributed by atoms with Gasteiger partial charge in [0.1, 0.15) is 5.75 Å². The number of nitrogens with one attached hydrogen (secondary N) is 2. The zero-order valence-electron chi connectivity index (χ0n) is 16.2. The van der Waals surface area contributed by atoms with E-state index in [1.165, 1.54) is 5.56 Å². The Labute approximate surface area is 167 Å². The summed E-state index contributed by atoms with van der Waals surface area (Å²) in [5, 5.41) is 17.5. The summed E-state index contributed by atoms with van der Waals surface area (Å²) in [6, 6.07) is 21.3. The molecule has 3 N–H and O–H groups in total. The average molecular weight is 380 g/mol. The highest BCUT2D eigenvalue weighted by atomic mass is 16.3. The smallest absolute Gasteiger partial charge is 0.259 e.